The van der Waals surface area contributed by atoms with Gasteiger partial charge in [0.05, 0.1) is 25.2 Å². The zero-order valence-electron chi connectivity index (χ0n) is 27.3. The number of amides is 6. The maximum Gasteiger partial charge on any atom is 0.246 e. The second kappa shape index (κ2) is 21.5. The summed E-state index contributed by atoms with van der Waals surface area (Å²) in [6.45, 7) is -0.692. The highest BCUT2D eigenvalue weighted by atomic mass is 32.2. The molecule has 0 bridgehead atoms. The number of nitrogens with one attached hydrogen (secondary N) is 5. The van der Waals surface area contributed by atoms with E-state index in [1.54, 1.807) is 30.3 Å². The van der Waals surface area contributed by atoms with Gasteiger partial charge in [-0.1, -0.05) is 48.6 Å². The van der Waals surface area contributed by atoms with Crippen LogP contribution in [0.5, 0.6) is 0 Å². The van der Waals surface area contributed by atoms with Gasteiger partial charge in [0.25, 0.3) is 0 Å². The van der Waals surface area contributed by atoms with E-state index in [1.807, 2.05) is 0 Å². The fourth-order valence-corrected chi connectivity index (χ4v) is 4.58. The minimum absolute atomic E-state index is 0.113. The first-order chi connectivity index (χ1) is 23.3. The summed E-state index contributed by atoms with van der Waals surface area (Å²) >= 11 is 0. The Labute approximate surface area is 285 Å². The molecular weight excluding hydrogens is 656 g/mol. The van der Waals surface area contributed by atoms with Crippen LogP contribution in [-0.2, 0) is 45.0 Å². The zero-order valence-corrected chi connectivity index (χ0v) is 28.1. The molecule has 2 aromatic rings. The lowest BCUT2D eigenvalue weighted by Crippen LogP contribution is -2.52. The maximum atomic E-state index is 12.5. The molecule has 0 spiro atoms. The highest BCUT2D eigenvalue weighted by Gasteiger charge is 2.22. The topological polar surface area (TPSA) is 249 Å². The molecule has 1 atom stereocenters. The van der Waals surface area contributed by atoms with Crippen LogP contribution < -0.4 is 32.3 Å². The van der Waals surface area contributed by atoms with E-state index >= 15 is 0 Å². The second-order valence-electron chi connectivity index (χ2n) is 10.9. The summed E-state index contributed by atoms with van der Waals surface area (Å²) < 4.78 is 22.8. The Bertz CT molecular complexity index is 1610. The summed E-state index contributed by atoms with van der Waals surface area (Å²) in [7, 11) is -3.47. The zero-order chi connectivity index (χ0) is 36.1. The molecule has 0 saturated heterocycles. The van der Waals surface area contributed by atoms with Crippen molar-refractivity contribution < 1.29 is 37.2 Å². The fraction of sp³-hybridized carbons (Fsp3) is 0.438. The number of nitrogens with two attached hydrogens (primary N) is 1. The number of rotatable bonds is 20. The van der Waals surface area contributed by atoms with Gasteiger partial charge in [0.2, 0.25) is 50.4 Å². The number of carbonyl (C=O) groups is 6. The summed E-state index contributed by atoms with van der Waals surface area (Å²) in [4.78, 5) is 79.7. The van der Waals surface area contributed by atoms with Crippen molar-refractivity contribution >= 4 is 45.3 Å². The lowest BCUT2D eigenvalue weighted by Gasteiger charge is -2.18. The molecule has 1 aromatic heterocycles. The predicted octanol–water partition coefficient (Wildman–Crippen LogP) is -1.36. The van der Waals surface area contributed by atoms with Crippen LogP contribution in [0.25, 0.3) is 0 Å². The third kappa shape index (κ3) is 17.9. The van der Waals surface area contributed by atoms with Crippen molar-refractivity contribution in [2.75, 3.05) is 32.4 Å². The number of nitrogens with zero attached hydrogens (tertiary/aromatic N) is 2. The van der Waals surface area contributed by atoms with Crippen LogP contribution in [0.4, 0.5) is 0 Å². The second-order valence-corrected chi connectivity index (χ2v) is 12.8. The number of carbonyl (C=O) groups excluding carboxylic acids is 6. The van der Waals surface area contributed by atoms with Crippen LogP contribution in [0.2, 0.25) is 0 Å². The Balaban J connectivity index is 1.54. The first-order valence-corrected chi connectivity index (χ1v) is 17.4. The molecular formula is C32H42N8O8S. The summed E-state index contributed by atoms with van der Waals surface area (Å²) in [5, 5.41) is 12.3. The van der Waals surface area contributed by atoms with Gasteiger partial charge in [-0.3, -0.25) is 28.8 Å². The van der Waals surface area contributed by atoms with Crippen molar-refractivity contribution in [2.24, 2.45) is 5.73 Å². The van der Waals surface area contributed by atoms with Gasteiger partial charge >= 0.3 is 0 Å². The van der Waals surface area contributed by atoms with E-state index in [0.717, 1.165) is 11.8 Å². The Hall–Kier alpha value is -5.37. The van der Waals surface area contributed by atoms with Crippen LogP contribution in [0.15, 0.2) is 47.9 Å². The average Bonchev–Trinajstić information content (AvgIpc) is 3.06. The van der Waals surface area contributed by atoms with E-state index in [1.165, 1.54) is 12.4 Å². The number of hydrogen-bond acceptors (Lipinski definition) is 10. The van der Waals surface area contributed by atoms with Gasteiger partial charge in [-0.05, 0) is 24.8 Å². The molecule has 0 saturated carbocycles. The smallest absolute Gasteiger partial charge is 0.246 e. The average molecular weight is 699 g/mol. The summed E-state index contributed by atoms with van der Waals surface area (Å²) in [6, 6.07) is 7.90. The van der Waals surface area contributed by atoms with Gasteiger partial charge in [-0.15, -0.1) is 0 Å². The van der Waals surface area contributed by atoms with Crippen molar-refractivity contribution in [1.29, 1.82) is 0 Å². The van der Waals surface area contributed by atoms with E-state index in [2.05, 4.69) is 48.4 Å². The van der Waals surface area contributed by atoms with Gasteiger partial charge in [0, 0.05) is 50.9 Å². The van der Waals surface area contributed by atoms with Crippen molar-refractivity contribution in [3.05, 3.63) is 53.9 Å². The molecule has 0 aliphatic rings. The molecule has 16 nitrogen and oxygen atoms in total. The van der Waals surface area contributed by atoms with Crippen LogP contribution in [-0.4, -0.2) is 92.3 Å². The number of hydrogen-bond donors (Lipinski definition) is 6. The fourth-order valence-electron chi connectivity index (χ4n) is 4.09. The molecule has 0 fully saturated rings. The Kier molecular flexibility index (Phi) is 17.5. The van der Waals surface area contributed by atoms with Crippen LogP contribution in [0.3, 0.4) is 0 Å². The van der Waals surface area contributed by atoms with E-state index in [0.29, 0.717) is 50.6 Å². The Morgan fingerprint density at radius 2 is 1.41 bits per heavy atom. The van der Waals surface area contributed by atoms with Gasteiger partial charge in [-0.25, -0.2) is 18.4 Å². The monoisotopic (exact) mass is 698 g/mol. The minimum atomic E-state index is -3.47. The molecule has 1 heterocycles. The highest BCUT2D eigenvalue weighted by Crippen LogP contribution is 2.04. The number of benzene rings is 1. The van der Waals surface area contributed by atoms with E-state index in [-0.39, 0.29) is 42.9 Å². The van der Waals surface area contributed by atoms with E-state index in [9.17, 15) is 37.2 Å². The lowest BCUT2D eigenvalue weighted by molar-refractivity contribution is -0.130. The predicted molar refractivity (Wildman–Crippen MR) is 178 cm³/mol. The largest absolute Gasteiger partial charge is 0.368 e. The van der Waals surface area contributed by atoms with Gasteiger partial charge in [-0.2, -0.15) is 0 Å². The molecule has 0 radical (unpaired) electrons. The van der Waals surface area contributed by atoms with Gasteiger partial charge in [0.1, 0.15) is 6.04 Å². The third-order valence-corrected chi connectivity index (χ3v) is 7.44. The van der Waals surface area contributed by atoms with E-state index in [4.69, 9.17) is 5.73 Å². The molecule has 0 aliphatic carbocycles. The van der Waals surface area contributed by atoms with Crippen molar-refractivity contribution in [3.63, 3.8) is 0 Å². The maximum absolute atomic E-state index is 12.5. The number of aromatic nitrogens is 2. The lowest BCUT2D eigenvalue weighted by atomic mass is 10.1. The Morgan fingerprint density at radius 3 is 2.08 bits per heavy atom. The van der Waals surface area contributed by atoms with Crippen LogP contribution >= 0.6 is 0 Å². The van der Waals surface area contributed by atoms with Gasteiger partial charge < -0.3 is 32.3 Å². The normalized spacial score (nSPS) is 11.2. The van der Waals surface area contributed by atoms with Gasteiger partial charge in [0.15, 0.2) is 0 Å². The first kappa shape index (κ1) is 39.8. The summed E-state index contributed by atoms with van der Waals surface area (Å²) in [5.74, 6) is 2.70. The summed E-state index contributed by atoms with van der Waals surface area (Å²) in [6.07, 6.45) is 7.24. The molecule has 1 aromatic carbocycles. The molecule has 264 valence electrons. The first-order valence-electron chi connectivity index (χ1n) is 15.5. The van der Waals surface area contributed by atoms with Crippen molar-refractivity contribution in [3.8, 4) is 11.8 Å². The molecule has 7 N–H and O–H groups in total. The number of sulfone groups is 1. The minimum Gasteiger partial charge on any atom is -0.368 e. The molecule has 49 heavy (non-hydrogen) atoms. The van der Waals surface area contributed by atoms with E-state index < -0.39 is 46.1 Å². The number of unbranched alkanes of at least 4 members (excludes halogenated alkanes) is 3. The summed E-state index contributed by atoms with van der Waals surface area (Å²) in [5.41, 5.74) is 6.32. The highest BCUT2D eigenvalue weighted by molar-refractivity contribution is 7.90. The SMILES string of the molecule is CS(=O)(=O)c1ncc(C#CCCCC(=O)NCCCCCC(=O)NCC(=O)NCC(=O)N[C@@H](Cc2ccccc2)C(=O)NCC(N)=O)cn1. The molecule has 0 unspecified atom stereocenters. The van der Waals surface area contributed by atoms with Crippen LogP contribution in [0, 0.1) is 11.8 Å². The molecule has 2 rings (SSSR count). The van der Waals surface area contributed by atoms with Crippen molar-refractivity contribution in [1.82, 2.24) is 36.6 Å². The molecule has 17 heteroatoms. The van der Waals surface area contributed by atoms with Crippen molar-refractivity contribution in [2.45, 2.75) is 62.6 Å². The third-order valence-electron chi connectivity index (χ3n) is 6.56. The number of primary amides is 1. The standard InChI is InChI=1S/C32H42N8O8S/c1-49(47,48)32-38-18-24(19-39-32)13-7-3-8-14-27(42)34-16-10-4-9-15-28(43)35-21-29(44)36-22-30(45)40-25(31(46)37-20-26(33)41)17-23-11-5-2-6-12-23/h2,5-6,11-12,18-19,25H,3-4,8-10,14-17,20-22H2,1H3,(H2,33,41)(H,34,42)(H,35,43)(H,36,44)(H,37,46)(H,40,45)/t25-/m0/s1. The van der Waals surface area contributed by atoms with Crippen LogP contribution in [0.1, 0.15) is 56.1 Å². The molecule has 6 amide bonds. The quantitative estimate of drug-likeness (QED) is 0.0538. The Morgan fingerprint density at radius 1 is 0.776 bits per heavy atom. The molecule has 0 aliphatic heterocycles.